The number of thiophene rings is 1. The van der Waals surface area contributed by atoms with E-state index < -0.39 is 0 Å². The summed E-state index contributed by atoms with van der Waals surface area (Å²) in [6.45, 7) is 0. The Kier molecular flexibility index (Phi) is 3.65. The molecule has 4 rings (SSSR count). The van der Waals surface area contributed by atoms with E-state index in [0.717, 1.165) is 25.9 Å². The number of rotatable bonds is 4. The van der Waals surface area contributed by atoms with Crippen LogP contribution in [-0.4, -0.2) is 10.8 Å². The third-order valence-corrected chi connectivity index (χ3v) is 5.23. The SMILES string of the molecule is O=C(/C=C/c1ccc(-c2nc3ccccc3s2)o1)c1cccs1. The van der Waals surface area contributed by atoms with E-state index >= 15 is 0 Å². The van der Waals surface area contributed by atoms with Crippen LogP contribution in [-0.2, 0) is 0 Å². The van der Waals surface area contributed by atoms with Crippen molar-refractivity contribution in [2.24, 2.45) is 0 Å². The van der Waals surface area contributed by atoms with Gasteiger partial charge in [-0.25, -0.2) is 4.98 Å². The van der Waals surface area contributed by atoms with Crippen molar-refractivity contribution in [3.8, 4) is 10.8 Å². The molecule has 0 amide bonds. The van der Waals surface area contributed by atoms with Crippen LogP contribution in [0.25, 0.3) is 27.1 Å². The molecular formula is C18H11NO2S2. The molecule has 3 heterocycles. The average Bonchev–Trinajstić information content (AvgIpc) is 3.31. The van der Waals surface area contributed by atoms with Crippen molar-refractivity contribution in [3.63, 3.8) is 0 Å². The second kappa shape index (κ2) is 5.95. The van der Waals surface area contributed by atoms with Gasteiger partial charge in [-0.3, -0.25) is 4.79 Å². The molecule has 3 nitrogen and oxygen atoms in total. The minimum atomic E-state index is -0.0158. The minimum Gasteiger partial charge on any atom is -0.454 e. The number of aromatic nitrogens is 1. The second-order valence-electron chi connectivity index (χ2n) is 4.86. The van der Waals surface area contributed by atoms with Crippen LogP contribution in [0.15, 0.2) is 64.4 Å². The molecule has 0 unspecified atom stereocenters. The Morgan fingerprint density at radius 1 is 1.09 bits per heavy atom. The van der Waals surface area contributed by atoms with Crippen molar-refractivity contribution in [2.45, 2.75) is 0 Å². The summed E-state index contributed by atoms with van der Waals surface area (Å²) in [4.78, 5) is 17.2. The molecule has 1 aromatic carbocycles. The highest BCUT2D eigenvalue weighted by molar-refractivity contribution is 7.21. The zero-order chi connectivity index (χ0) is 15.6. The summed E-state index contributed by atoms with van der Waals surface area (Å²) in [5, 5.41) is 2.73. The number of para-hydroxylation sites is 1. The molecule has 0 aliphatic carbocycles. The van der Waals surface area contributed by atoms with Crippen LogP contribution in [0.2, 0.25) is 0 Å². The lowest BCUT2D eigenvalue weighted by atomic mass is 10.3. The fraction of sp³-hybridized carbons (Fsp3) is 0. The summed E-state index contributed by atoms with van der Waals surface area (Å²) in [7, 11) is 0. The van der Waals surface area contributed by atoms with Crippen LogP contribution in [0.4, 0.5) is 0 Å². The first-order chi connectivity index (χ1) is 11.3. The van der Waals surface area contributed by atoms with Gasteiger partial charge in [0.1, 0.15) is 5.76 Å². The topological polar surface area (TPSA) is 43.1 Å². The van der Waals surface area contributed by atoms with Crippen molar-refractivity contribution in [2.75, 3.05) is 0 Å². The van der Waals surface area contributed by atoms with Gasteiger partial charge in [0.15, 0.2) is 16.6 Å². The summed E-state index contributed by atoms with van der Waals surface area (Å²) in [6, 6.07) is 15.4. The second-order valence-corrected chi connectivity index (χ2v) is 6.84. The van der Waals surface area contributed by atoms with Gasteiger partial charge in [-0.2, -0.15) is 0 Å². The average molecular weight is 337 g/mol. The molecule has 3 aromatic heterocycles. The maximum atomic E-state index is 11.9. The van der Waals surface area contributed by atoms with E-state index in [0.29, 0.717) is 5.76 Å². The first-order valence-electron chi connectivity index (χ1n) is 7.01. The molecule has 112 valence electrons. The smallest absolute Gasteiger partial charge is 0.195 e. The van der Waals surface area contributed by atoms with Crippen molar-refractivity contribution >= 4 is 44.7 Å². The zero-order valence-corrected chi connectivity index (χ0v) is 13.6. The highest BCUT2D eigenvalue weighted by Gasteiger charge is 2.10. The number of nitrogens with zero attached hydrogens (tertiary/aromatic N) is 1. The predicted octanol–water partition coefficient (Wildman–Crippen LogP) is 5.51. The number of fused-ring (bicyclic) bond motifs is 1. The number of ketones is 1. The Morgan fingerprint density at radius 2 is 2.00 bits per heavy atom. The number of carbonyl (C=O) groups is 1. The number of hydrogen-bond acceptors (Lipinski definition) is 5. The van der Waals surface area contributed by atoms with Gasteiger partial charge in [-0.15, -0.1) is 22.7 Å². The Hall–Kier alpha value is -2.50. The van der Waals surface area contributed by atoms with Gasteiger partial charge < -0.3 is 4.42 Å². The van der Waals surface area contributed by atoms with Crippen molar-refractivity contribution in [1.82, 2.24) is 4.98 Å². The predicted molar refractivity (Wildman–Crippen MR) is 95.0 cm³/mol. The van der Waals surface area contributed by atoms with Gasteiger partial charge >= 0.3 is 0 Å². The van der Waals surface area contributed by atoms with Gasteiger partial charge in [0.05, 0.1) is 15.1 Å². The maximum absolute atomic E-state index is 11.9. The third-order valence-electron chi connectivity index (χ3n) is 3.29. The van der Waals surface area contributed by atoms with Crippen LogP contribution in [0.1, 0.15) is 15.4 Å². The Labute approximate surface area is 140 Å². The molecule has 0 radical (unpaired) electrons. The van der Waals surface area contributed by atoms with Crippen LogP contribution in [0.5, 0.6) is 0 Å². The monoisotopic (exact) mass is 337 g/mol. The van der Waals surface area contributed by atoms with Crippen molar-refractivity contribution in [1.29, 1.82) is 0 Å². The summed E-state index contributed by atoms with van der Waals surface area (Å²) in [5.74, 6) is 1.34. The molecule has 0 fully saturated rings. The number of carbonyl (C=O) groups excluding carboxylic acids is 1. The molecule has 4 aromatic rings. The lowest BCUT2D eigenvalue weighted by molar-refractivity contribution is 0.105. The third kappa shape index (κ3) is 2.88. The molecule has 0 saturated carbocycles. The van der Waals surface area contributed by atoms with E-state index in [1.807, 2.05) is 53.9 Å². The Bertz CT molecular complexity index is 960. The number of thiazole rings is 1. The molecule has 0 aliphatic heterocycles. The summed E-state index contributed by atoms with van der Waals surface area (Å²) in [5.41, 5.74) is 0.967. The molecule has 0 bridgehead atoms. The molecule has 0 spiro atoms. The van der Waals surface area contributed by atoms with Gasteiger partial charge in [-0.05, 0) is 47.9 Å². The summed E-state index contributed by atoms with van der Waals surface area (Å²) >= 11 is 3.02. The van der Waals surface area contributed by atoms with E-state index in [1.54, 1.807) is 17.4 Å². The number of hydrogen-bond donors (Lipinski definition) is 0. The molecule has 0 saturated heterocycles. The lowest BCUT2D eigenvalue weighted by Crippen LogP contribution is -1.87. The largest absolute Gasteiger partial charge is 0.454 e. The van der Waals surface area contributed by atoms with Crippen LogP contribution in [0.3, 0.4) is 0 Å². The Balaban J connectivity index is 1.58. The highest BCUT2D eigenvalue weighted by atomic mass is 32.1. The minimum absolute atomic E-state index is 0.0158. The van der Waals surface area contributed by atoms with Gasteiger partial charge in [-0.1, -0.05) is 18.2 Å². The normalized spacial score (nSPS) is 11.5. The fourth-order valence-electron chi connectivity index (χ4n) is 2.19. The molecule has 0 aliphatic rings. The zero-order valence-electron chi connectivity index (χ0n) is 11.9. The molecule has 23 heavy (non-hydrogen) atoms. The molecule has 0 N–H and O–H groups in total. The van der Waals surface area contributed by atoms with E-state index in [1.165, 1.54) is 17.4 Å². The quantitative estimate of drug-likeness (QED) is 0.364. The van der Waals surface area contributed by atoms with Crippen LogP contribution < -0.4 is 0 Å². The first-order valence-corrected chi connectivity index (χ1v) is 8.71. The van der Waals surface area contributed by atoms with Crippen molar-refractivity contribution < 1.29 is 9.21 Å². The van der Waals surface area contributed by atoms with E-state index in [2.05, 4.69) is 4.98 Å². The fourth-order valence-corrected chi connectivity index (χ4v) is 3.77. The summed E-state index contributed by atoms with van der Waals surface area (Å²) in [6.07, 6.45) is 3.23. The number of furan rings is 1. The highest BCUT2D eigenvalue weighted by Crippen LogP contribution is 2.31. The molecule has 0 atom stereocenters. The summed E-state index contributed by atoms with van der Waals surface area (Å²) < 4.78 is 6.91. The van der Waals surface area contributed by atoms with E-state index in [-0.39, 0.29) is 5.78 Å². The number of allylic oxidation sites excluding steroid dienone is 1. The van der Waals surface area contributed by atoms with Crippen LogP contribution >= 0.6 is 22.7 Å². The van der Waals surface area contributed by atoms with Crippen LogP contribution in [0, 0.1) is 0 Å². The van der Waals surface area contributed by atoms with Gasteiger partial charge in [0.2, 0.25) is 0 Å². The van der Waals surface area contributed by atoms with Crippen molar-refractivity contribution in [3.05, 3.63) is 70.6 Å². The van der Waals surface area contributed by atoms with E-state index in [9.17, 15) is 4.79 Å². The Morgan fingerprint density at radius 3 is 2.83 bits per heavy atom. The van der Waals surface area contributed by atoms with E-state index in [4.69, 9.17) is 4.42 Å². The first kappa shape index (κ1) is 14.1. The standard InChI is InChI=1S/C18H11NO2S2/c20-14(17-6-3-11-22-17)9-7-12-8-10-15(21-12)18-19-13-4-1-2-5-16(13)23-18/h1-11H/b9-7+. The molecular weight excluding hydrogens is 326 g/mol. The maximum Gasteiger partial charge on any atom is 0.195 e. The molecule has 5 heteroatoms. The lowest BCUT2D eigenvalue weighted by Gasteiger charge is -1.89. The number of benzene rings is 1. The van der Waals surface area contributed by atoms with Gasteiger partial charge in [0.25, 0.3) is 0 Å². The van der Waals surface area contributed by atoms with Gasteiger partial charge in [0, 0.05) is 0 Å².